The number of aromatic amines is 1. The number of hydrogen-bond donors (Lipinski definition) is 1. The summed E-state index contributed by atoms with van der Waals surface area (Å²) in [6, 6.07) is 13.0. The highest BCUT2D eigenvalue weighted by molar-refractivity contribution is 6.07. The van der Waals surface area contributed by atoms with Gasteiger partial charge in [0, 0.05) is 11.3 Å². The van der Waals surface area contributed by atoms with E-state index in [1.165, 1.54) is 0 Å². The van der Waals surface area contributed by atoms with Crippen molar-refractivity contribution in [3.8, 4) is 0 Å². The van der Waals surface area contributed by atoms with Crippen molar-refractivity contribution in [3.05, 3.63) is 59.4 Å². The van der Waals surface area contributed by atoms with Gasteiger partial charge in [0.15, 0.2) is 0 Å². The van der Waals surface area contributed by atoms with Gasteiger partial charge in [-0.15, -0.1) is 0 Å². The molecule has 2 rings (SSSR count). The van der Waals surface area contributed by atoms with Crippen LogP contribution in [0.3, 0.4) is 0 Å². The van der Waals surface area contributed by atoms with E-state index in [0.29, 0.717) is 11.3 Å². The Labute approximate surface area is 82.6 Å². The van der Waals surface area contributed by atoms with Gasteiger partial charge >= 0.3 is 0 Å². The Bertz CT molecular complexity index is 442. The summed E-state index contributed by atoms with van der Waals surface area (Å²) in [6.07, 6.45) is 0. The molecular weight excluding hydrogens is 174 g/mol. The summed E-state index contributed by atoms with van der Waals surface area (Å²) in [7, 11) is 0. The molecule has 0 bridgehead atoms. The second-order valence-electron chi connectivity index (χ2n) is 3.25. The molecule has 0 aliphatic heterocycles. The fourth-order valence-electron chi connectivity index (χ4n) is 1.38. The third-order valence-electron chi connectivity index (χ3n) is 2.11. The lowest BCUT2D eigenvalue weighted by atomic mass is 10.1. The number of ketones is 1. The molecule has 0 amide bonds. The molecule has 14 heavy (non-hydrogen) atoms. The van der Waals surface area contributed by atoms with E-state index in [4.69, 9.17) is 0 Å². The highest BCUT2D eigenvalue weighted by Gasteiger charge is 2.08. The second kappa shape index (κ2) is 3.50. The molecule has 2 aromatic rings. The zero-order valence-electron chi connectivity index (χ0n) is 7.95. The van der Waals surface area contributed by atoms with E-state index >= 15 is 0 Å². The molecule has 0 saturated heterocycles. The summed E-state index contributed by atoms with van der Waals surface area (Å²) < 4.78 is 0. The highest BCUT2D eigenvalue weighted by atomic mass is 16.1. The van der Waals surface area contributed by atoms with Crippen LogP contribution in [0.1, 0.15) is 21.7 Å². The van der Waals surface area contributed by atoms with Crippen molar-refractivity contribution >= 4 is 5.78 Å². The summed E-state index contributed by atoms with van der Waals surface area (Å²) in [5.41, 5.74) is 2.37. The molecule has 70 valence electrons. The summed E-state index contributed by atoms with van der Waals surface area (Å²) in [5.74, 6) is 0.0405. The molecule has 0 aliphatic rings. The first kappa shape index (κ1) is 8.75. The summed E-state index contributed by atoms with van der Waals surface area (Å²) >= 11 is 0. The van der Waals surface area contributed by atoms with Crippen molar-refractivity contribution in [1.82, 2.24) is 4.98 Å². The van der Waals surface area contributed by atoms with E-state index in [9.17, 15) is 4.79 Å². The first-order chi connectivity index (χ1) is 6.77. The van der Waals surface area contributed by atoms with Crippen molar-refractivity contribution in [2.75, 3.05) is 0 Å². The van der Waals surface area contributed by atoms with Gasteiger partial charge in [0.1, 0.15) is 0 Å². The minimum atomic E-state index is 0.0405. The Morgan fingerprint density at radius 3 is 2.36 bits per heavy atom. The van der Waals surface area contributed by atoms with Gasteiger partial charge in [-0.1, -0.05) is 30.3 Å². The molecule has 1 N–H and O–H groups in total. The van der Waals surface area contributed by atoms with Crippen LogP contribution in [0.4, 0.5) is 0 Å². The largest absolute Gasteiger partial charge is 0.356 e. The van der Waals surface area contributed by atoms with Gasteiger partial charge in [0.2, 0.25) is 5.78 Å². The van der Waals surface area contributed by atoms with Crippen molar-refractivity contribution in [1.29, 1.82) is 0 Å². The number of aryl methyl sites for hydroxylation is 1. The molecule has 0 aliphatic carbocycles. The fraction of sp³-hybridized carbons (Fsp3) is 0.0833. The van der Waals surface area contributed by atoms with Crippen molar-refractivity contribution in [2.24, 2.45) is 0 Å². The van der Waals surface area contributed by atoms with E-state index in [1.807, 2.05) is 49.4 Å². The molecule has 0 atom stereocenters. The van der Waals surface area contributed by atoms with Gasteiger partial charge in [-0.3, -0.25) is 4.79 Å². The summed E-state index contributed by atoms with van der Waals surface area (Å²) in [6.45, 7) is 1.93. The third-order valence-corrected chi connectivity index (χ3v) is 2.11. The fourth-order valence-corrected chi connectivity index (χ4v) is 1.38. The number of hydrogen-bond acceptors (Lipinski definition) is 1. The molecule has 0 saturated carbocycles. The van der Waals surface area contributed by atoms with E-state index < -0.39 is 0 Å². The van der Waals surface area contributed by atoms with Crippen molar-refractivity contribution < 1.29 is 4.79 Å². The second-order valence-corrected chi connectivity index (χ2v) is 3.25. The van der Waals surface area contributed by atoms with Crippen LogP contribution in [0.2, 0.25) is 0 Å². The van der Waals surface area contributed by atoms with Gasteiger partial charge in [-0.2, -0.15) is 0 Å². The lowest BCUT2D eigenvalue weighted by molar-refractivity contribution is 0.103. The number of rotatable bonds is 2. The topological polar surface area (TPSA) is 32.9 Å². The van der Waals surface area contributed by atoms with Crippen LogP contribution in [0, 0.1) is 6.92 Å². The molecule has 1 aromatic carbocycles. The lowest BCUT2D eigenvalue weighted by Gasteiger charge is -1.96. The van der Waals surface area contributed by atoms with Crippen molar-refractivity contribution in [3.63, 3.8) is 0 Å². The maximum atomic E-state index is 11.8. The van der Waals surface area contributed by atoms with Crippen LogP contribution in [0.15, 0.2) is 42.5 Å². The lowest BCUT2D eigenvalue weighted by Crippen LogP contribution is -2.00. The summed E-state index contributed by atoms with van der Waals surface area (Å²) in [5, 5.41) is 0. The standard InChI is InChI=1S/C12H11NO/c1-9-7-8-11(13-9)12(14)10-5-3-2-4-6-10/h2-8,13H,1H3. The van der Waals surface area contributed by atoms with Crippen LogP contribution < -0.4 is 0 Å². The molecule has 1 heterocycles. The van der Waals surface area contributed by atoms with Gasteiger partial charge in [0.25, 0.3) is 0 Å². The predicted molar refractivity (Wildman–Crippen MR) is 55.4 cm³/mol. The minimum absolute atomic E-state index is 0.0405. The van der Waals surface area contributed by atoms with Crippen molar-refractivity contribution in [2.45, 2.75) is 6.92 Å². The van der Waals surface area contributed by atoms with Crippen LogP contribution in [0.25, 0.3) is 0 Å². The van der Waals surface area contributed by atoms with Crippen LogP contribution in [-0.4, -0.2) is 10.8 Å². The number of H-pyrrole nitrogens is 1. The predicted octanol–water partition coefficient (Wildman–Crippen LogP) is 2.55. The zero-order chi connectivity index (χ0) is 9.97. The van der Waals surface area contributed by atoms with Crippen LogP contribution in [-0.2, 0) is 0 Å². The number of aromatic nitrogens is 1. The smallest absolute Gasteiger partial charge is 0.209 e. The quantitative estimate of drug-likeness (QED) is 0.716. The minimum Gasteiger partial charge on any atom is -0.356 e. The Hall–Kier alpha value is -1.83. The van der Waals surface area contributed by atoms with Crippen LogP contribution >= 0.6 is 0 Å². The molecule has 0 unspecified atom stereocenters. The SMILES string of the molecule is Cc1ccc(C(=O)c2ccccc2)[nH]1. The molecular formula is C12H11NO. The number of benzene rings is 1. The maximum Gasteiger partial charge on any atom is 0.209 e. The molecule has 0 fully saturated rings. The third kappa shape index (κ3) is 1.59. The van der Waals surface area contributed by atoms with Gasteiger partial charge in [0.05, 0.1) is 5.69 Å². The molecule has 1 aromatic heterocycles. The van der Waals surface area contributed by atoms with Gasteiger partial charge < -0.3 is 4.98 Å². The first-order valence-electron chi connectivity index (χ1n) is 4.53. The average Bonchev–Trinajstić information content (AvgIpc) is 2.65. The molecule has 2 heteroatoms. The normalized spacial score (nSPS) is 10.1. The van der Waals surface area contributed by atoms with E-state index in [-0.39, 0.29) is 5.78 Å². The Morgan fingerprint density at radius 2 is 1.79 bits per heavy atom. The van der Waals surface area contributed by atoms with Gasteiger partial charge in [-0.25, -0.2) is 0 Å². The number of nitrogens with one attached hydrogen (secondary N) is 1. The Morgan fingerprint density at radius 1 is 1.07 bits per heavy atom. The van der Waals surface area contributed by atoms with Gasteiger partial charge in [-0.05, 0) is 19.1 Å². The molecule has 2 nitrogen and oxygen atoms in total. The molecule has 0 radical (unpaired) electrons. The van der Waals surface area contributed by atoms with E-state index in [2.05, 4.69) is 4.98 Å². The summed E-state index contributed by atoms with van der Waals surface area (Å²) in [4.78, 5) is 14.9. The number of carbonyl (C=O) groups excluding carboxylic acids is 1. The maximum absolute atomic E-state index is 11.8. The Kier molecular flexibility index (Phi) is 2.19. The molecule has 0 spiro atoms. The zero-order valence-corrected chi connectivity index (χ0v) is 7.95. The number of carbonyl (C=O) groups is 1. The average molecular weight is 185 g/mol. The van der Waals surface area contributed by atoms with E-state index in [0.717, 1.165) is 5.69 Å². The first-order valence-corrected chi connectivity index (χ1v) is 4.53. The van der Waals surface area contributed by atoms with Crippen LogP contribution in [0.5, 0.6) is 0 Å². The Balaban J connectivity index is 2.34. The highest BCUT2D eigenvalue weighted by Crippen LogP contribution is 2.08. The monoisotopic (exact) mass is 185 g/mol. The van der Waals surface area contributed by atoms with E-state index in [1.54, 1.807) is 0 Å².